The number of carbonyl (C=O) groups is 2. The van der Waals surface area contributed by atoms with Crippen LogP contribution in [0.1, 0.15) is 32.6 Å². The van der Waals surface area contributed by atoms with Crippen LogP contribution in [0.15, 0.2) is 0 Å². The van der Waals surface area contributed by atoms with Crippen LogP contribution in [-0.2, 0) is 15.6 Å². The molecular weight excluding hydrogens is 280 g/mol. The summed E-state index contributed by atoms with van der Waals surface area (Å²) >= 11 is 0. The lowest BCUT2D eigenvalue weighted by atomic mass is 9.96. The summed E-state index contributed by atoms with van der Waals surface area (Å²) in [7, 11) is -0.878. The van der Waals surface area contributed by atoms with Gasteiger partial charge in [-0.15, -0.1) is 0 Å². The Balaban J connectivity index is 2.20. The Morgan fingerprint density at radius 2 is 2.05 bits per heavy atom. The molecule has 0 aromatic rings. The second-order valence-electron chi connectivity index (χ2n) is 5.37. The molecule has 0 aliphatic heterocycles. The van der Waals surface area contributed by atoms with E-state index < -0.39 is 16.8 Å². The summed E-state index contributed by atoms with van der Waals surface area (Å²) in [4.78, 5) is 22.6. The summed E-state index contributed by atoms with van der Waals surface area (Å²) in [6.07, 6.45) is 4.77. The Morgan fingerprint density at radius 1 is 1.35 bits per heavy atom. The van der Waals surface area contributed by atoms with Gasteiger partial charge >= 0.3 is 12.0 Å². The monoisotopic (exact) mass is 304 g/mol. The summed E-state index contributed by atoms with van der Waals surface area (Å²) < 4.78 is 11.1. The second kappa shape index (κ2) is 8.24. The van der Waals surface area contributed by atoms with Crippen LogP contribution in [0.4, 0.5) is 4.79 Å². The van der Waals surface area contributed by atoms with Crippen LogP contribution in [0, 0.1) is 11.8 Å². The standard InChI is InChI=1S/C13H24N2O4S/c1-9(20(2)19)6-7-14-13(18)15-8-10-4-3-5-11(10)12(16)17/h9-11H,3-8H2,1-2H3,(H,16,17)(H2,14,15,18). The third-order valence-corrected chi connectivity index (χ3v) is 5.27. The SMILES string of the molecule is CC(CCNC(=O)NCC1CCCC1C(=O)O)S(C)=O. The molecule has 0 saturated heterocycles. The highest BCUT2D eigenvalue weighted by molar-refractivity contribution is 7.84. The van der Waals surface area contributed by atoms with Gasteiger partial charge in [0.05, 0.1) is 5.92 Å². The molecule has 0 heterocycles. The van der Waals surface area contributed by atoms with E-state index in [1.807, 2.05) is 6.92 Å². The molecule has 2 amide bonds. The number of hydrogen-bond donors (Lipinski definition) is 3. The van der Waals surface area contributed by atoms with E-state index in [4.69, 9.17) is 5.11 Å². The van der Waals surface area contributed by atoms with Crippen molar-refractivity contribution in [1.82, 2.24) is 10.6 Å². The van der Waals surface area contributed by atoms with Gasteiger partial charge in [0.1, 0.15) is 0 Å². The fourth-order valence-electron chi connectivity index (χ4n) is 2.45. The fourth-order valence-corrected chi connectivity index (χ4v) is 2.90. The molecule has 116 valence electrons. The first-order valence-electron chi connectivity index (χ1n) is 6.98. The normalized spacial score (nSPS) is 24.9. The molecule has 0 bridgehead atoms. The number of urea groups is 1. The number of carboxylic acids is 1. The zero-order valence-electron chi connectivity index (χ0n) is 12.1. The average molecular weight is 304 g/mol. The molecule has 0 radical (unpaired) electrons. The van der Waals surface area contributed by atoms with Crippen molar-refractivity contribution >= 4 is 22.8 Å². The quantitative estimate of drug-likeness (QED) is 0.652. The lowest BCUT2D eigenvalue weighted by Crippen LogP contribution is -2.40. The molecule has 0 aromatic carbocycles. The van der Waals surface area contributed by atoms with E-state index in [1.165, 1.54) is 0 Å². The molecule has 0 aromatic heterocycles. The highest BCUT2D eigenvalue weighted by Crippen LogP contribution is 2.31. The summed E-state index contributed by atoms with van der Waals surface area (Å²) in [6.45, 7) is 2.75. The molecule has 1 aliphatic rings. The molecule has 1 rings (SSSR count). The Morgan fingerprint density at radius 3 is 2.65 bits per heavy atom. The van der Waals surface area contributed by atoms with Crippen LogP contribution in [0.2, 0.25) is 0 Å². The summed E-state index contributed by atoms with van der Waals surface area (Å²) in [5.74, 6) is -1.08. The molecule has 1 aliphatic carbocycles. The van der Waals surface area contributed by atoms with Crippen molar-refractivity contribution in [3.8, 4) is 0 Å². The minimum absolute atomic E-state index is 0.0281. The Labute approximate surface area is 122 Å². The molecule has 3 N–H and O–H groups in total. The van der Waals surface area contributed by atoms with Gasteiger partial charge in [-0.05, 0) is 25.2 Å². The number of carbonyl (C=O) groups excluding carboxylic acids is 1. The van der Waals surface area contributed by atoms with Gasteiger partial charge in [0.2, 0.25) is 0 Å². The maximum absolute atomic E-state index is 11.6. The molecule has 0 spiro atoms. The van der Waals surface area contributed by atoms with Crippen LogP contribution >= 0.6 is 0 Å². The molecule has 20 heavy (non-hydrogen) atoms. The van der Waals surface area contributed by atoms with E-state index >= 15 is 0 Å². The van der Waals surface area contributed by atoms with E-state index in [1.54, 1.807) is 6.26 Å². The Kier molecular flexibility index (Phi) is 6.98. The average Bonchev–Trinajstić information content (AvgIpc) is 2.84. The lowest BCUT2D eigenvalue weighted by Gasteiger charge is -2.17. The maximum Gasteiger partial charge on any atom is 0.314 e. The predicted molar refractivity (Wildman–Crippen MR) is 78.0 cm³/mol. The Hall–Kier alpha value is -1.11. The largest absolute Gasteiger partial charge is 0.481 e. The number of rotatable bonds is 7. The van der Waals surface area contributed by atoms with Gasteiger partial charge in [-0.2, -0.15) is 0 Å². The third kappa shape index (κ3) is 5.48. The van der Waals surface area contributed by atoms with Crippen LogP contribution in [0.3, 0.4) is 0 Å². The van der Waals surface area contributed by atoms with Crippen molar-refractivity contribution in [3.63, 3.8) is 0 Å². The van der Waals surface area contributed by atoms with Gasteiger partial charge in [0.25, 0.3) is 0 Å². The topological polar surface area (TPSA) is 95.5 Å². The molecular formula is C13H24N2O4S. The number of nitrogens with one attached hydrogen (secondary N) is 2. The smallest absolute Gasteiger partial charge is 0.314 e. The van der Waals surface area contributed by atoms with Gasteiger partial charge < -0.3 is 15.7 Å². The van der Waals surface area contributed by atoms with E-state index in [-0.39, 0.29) is 23.1 Å². The van der Waals surface area contributed by atoms with E-state index in [0.29, 0.717) is 25.9 Å². The van der Waals surface area contributed by atoms with Gasteiger partial charge in [-0.1, -0.05) is 13.3 Å². The predicted octanol–water partition coefficient (Wildman–Crippen LogP) is 0.944. The lowest BCUT2D eigenvalue weighted by molar-refractivity contribution is -0.142. The van der Waals surface area contributed by atoms with Crippen LogP contribution in [0.5, 0.6) is 0 Å². The maximum atomic E-state index is 11.6. The van der Waals surface area contributed by atoms with Crippen molar-refractivity contribution in [3.05, 3.63) is 0 Å². The first-order chi connectivity index (χ1) is 9.41. The van der Waals surface area contributed by atoms with E-state index in [2.05, 4.69) is 10.6 Å². The summed E-state index contributed by atoms with van der Waals surface area (Å²) in [5, 5.41) is 14.5. The van der Waals surface area contributed by atoms with Crippen molar-refractivity contribution < 1.29 is 18.9 Å². The summed E-state index contributed by atoms with van der Waals surface area (Å²) in [5.41, 5.74) is 0. The number of hydrogen-bond acceptors (Lipinski definition) is 3. The van der Waals surface area contributed by atoms with Crippen LogP contribution in [0.25, 0.3) is 0 Å². The highest BCUT2D eigenvalue weighted by atomic mass is 32.2. The first kappa shape index (κ1) is 16.9. The minimum Gasteiger partial charge on any atom is -0.481 e. The molecule has 4 unspecified atom stereocenters. The second-order valence-corrected chi connectivity index (χ2v) is 7.17. The first-order valence-corrected chi connectivity index (χ1v) is 8.60. The van der Waals surface area contributed by atoms with Crippen molar-refractivity contribution in [1.29, 1.82) is 0 Å². The van der Waals surface area contributed by atoms with Crippen LogP contribution in [-0.4, -0.2) is 45.9 Å². The summed E-state index contributed by atoms with van der Waals surface area (Å²) in [6, 6.07) is -0.282. The number of amides is 2. The number of carboxylic acid groups (broad SMARTS) is 1. The Bertz CT molecular complexity index is 375. The van der Waals surface area contributed by atoms with Gasteiger partial charge in [0.15, 0.2) is 0 Å². The zero-order chi connectivity index (χ0) is 15.1. The zero-order valence-corrected chi connectivity index (χ0v) is 12.9. The van der Waals surface area contributed by atoms with Gasteiger partial charge in [-0.3, -0.25) is 9.00 Å². The van der Waals surface area contributed by atoms with Crippen molar-refractivity contribution in [2.45, 2.75) is 37.9 Å². The van der Waals surface area contributed by atoms with Gasteiger partial charge in [-0.25, -0.2) is 4.79 Å². The fraction of sp³-hybridized carbons (Fsp3) is 0.846. The van der Waals surface area contributed by atoms with E-state index in [0.717, 1.165) is 12.8 Å². The van der Waals surface area contributed by atoms with Crippen molar-refractivity contribution in [2.75, 3.05) is 19.3 Å². The third-order valence-electron chi connectivity index (χ3n) is 3.90. The molecule has 1 saturated carbocycles. The minimum atomic E-state index is -0.878. The van der Waals surface area contributed by atoms with Gasteiger partial charge in [0, 0.05) is 35.4 Å². The highest BCUT2D eigenvalue weighted by Gasteiger charge is 2.32. The molecule has 7 heteroatoms. The van der Waals surface area contributed by atoms with Crippen LogP contribution < -0.4 is 10.6 Å². The van der Waals surface area contributed by atoms with E-state index in [9.17, 15) is 13.8 Å². The molecule has 4 atom stereocenters. The molecule has 6 nitrogen and oxygen atoms in total. The molecule has 1 fully saturated rings. The number of aliphatic carboxylic acids is 1. The van der Waals surface area contributed by atoms with Crippen molar-refractivity contribution in [2.24, 2.45) is 11.8 Å².